The van der Waals surface area contributed by atoms with E-state index in [1.807, 2.05) is 30.0 Å². The summed E-state index contributed by atoms with van der Waals surface area (Å²) in [5, 5.41) is 0. The molecule has 0 amide bonds. The fraction of sp³-hybridized carbons (Fsp3) is 0.562. The van der Waals surface area contributed by atoms with E-state index in [0.29, 0.717) is 5.75 Å². The maximum atomic E-state index is 10.7. The van der Waals surface area contributed by atoms with Crippen LogP contribution in [-0.4, -0.2) is 30.8 Å². The Bertz CT molecular complexity index is 559. The van der Waals surface area contributed by atoms with Crippen LogP contribution in [0, 0.1) is 0 Å². The molecule has 21 heavy (non-hydrogen) atoms. The molecule has 1 aromatic carbocycles. The third-order valence-corrected chi connectivity index (χ3v) is 5.26. The number of carbonyl (C=O) groups excluding carboxylic acids is 1. The second-order valence-electron chi connectivity index (χ2n) is 5.53. The second kappa shape index (κ2) is 6.12. The Labute approximate surface area is 128 Å². The number of para-hydroxylation sites is 1. The van der Waals surface area contributed by atoms with Gasteiger partial charge < -0.3 is 9.47 Å². The summed E-state index contributed by atoms with van der Waals surface area (Å²) in [6.45, 7) is 0. The molecule has 1 saturated carbocycles. The lowest BCUT2D eigenvalue weighted by Crippen LogP contribution is -2.23. The molecule has 0 bridgehead atoms. The van der Waals surface area contributed by atoms with E-state index in [9.17, 15) is 4.79 Å². The van der Waals surface area contributed by atoms with Gasteiger partial charge in [-0.05, 0) is 37.5 Å². The molecular formula is C16H19NO3S. The summed E-state index contributed by atoms with van der Waals surface area (Å²) in [6, 6.07) is 5.85. The minimum absolute atomic E-state index is 0.234. The molecule has 1 aliphatic heterocycles. The highest BCUT2D eigenvalue weighted by Crippen LogP contribution is 2.54. The van der Waals surface area contributed by atoms with Crippen LogP contribution in [0.15, 0.2) is 23.2 Å². The van der Waals surface area contributed by atoms with Gasteiger partial charge >= 0.3 is 0 Å². The van der Waals surface area contributed by atoms with Crippen molar-refractivity contribution in [3.63, 3.8) is 0 Å². The molecule has 112 valence electrons. The summed E-state index contributed by atoms with van der Waals surface area (Å²) < 4.78 is 11.7. The fourth-order valence-electron chi connectivity index (χ4n) is 2.82. The number of isocyanates is 1. The molecule has 2 fully saturated rings. The van der Waals surface area contributed by atoms with Crippen molar-refractivity contribution in [3.05, 3.63) is 23.8 Å². The van der Waals surface area contributed by atoms with Gasteiger partial charge in [0.1, 0.15) is 11.6 Å². The lowest BCUT2D eigenvalue weighted by atomic mass is 10.0. The standard InChI is InChI=1S/C16H19NO3S/c1-19-15-13(16(7-8-16)17-11-18)5-2-6-14(15)20-12-4-3-9-21-10-12/h2,5-6,12H,3-4,7-10H2,1H3. The van der Waals surface area contributed by atoms with Crippen molar-refractivity contribution >= 4 is 17.8 Å². The second-order valence-corrected chi connectivity index (χ2v) is 6.68. The number of rotatable bonds is 5. The number of hydrogen-bond acceptors (Lipinski definition) is 5. The summed E-state index contributed by atoms with van der Waals surface area (Å²) in [4.78, 5) is 14.7. The van der Waals surface area contributed by atoms with Crippen LogP contribution in [0.2, 0.25) is 0 Å². The summed E-state index contributed by atoms with van der Waals surface area (Å²) in [7, 11) is 1.64. The van der Waals surface area contributed by atoms with Gasteiger partial charge in [-0.3, -0.25) is 0 Å². The third kappa shape index (κ3) is 2.94. The molecule has 4 nitrogen and oxygen atoms in total. The van der Waals surface area contributed by atoms with E-state index in [-0.39, 0.29) is 6.10 Å². The van der Waals surface area contributed by atoms with Crippen molar-refractivity contribution in [2.24, 2.45) is 4.99 Å². The Kier molecular flexibility index (Phi) is 4.22. The van der Waals surface area contributed by atoms with E-state index in [1.54, 1.807) is 13.2 Å². The van der Waals surface area contributed by atoms with Crippen LogP contribution in [0.1, 0.15) is 31.2 Å². The molecule has 0 radical (unpaired) electrons. The predicted molar refractivity (Wildman–Crippen MR) is 83.0 cm³/mol. The van der Waals surface area contributed by atoms with E-state index < -0.39 is 5.54 Å². The minimum Gasteiger partial charge on any atom is -0.492 e. The first-order valence-corrected chi connectivity index (χ1v) is 8.45. The quantitative estimate of drug-likeness (QED) is 0.618. The maximum Gasteiger partial charge on any atom is 0.235 e. The first kappa shape index (κ1) is 14.5. The van der Waals surface area contributed by atoms with E-state index >= 15 is 0 Å². The molecule has 1 aromatic rings. The van der Waals surface area contributed by atoms with Crippen LogP contribution < -0.4 is 9.47 Å². The molecule has 0 aromatic heterocycles. The zero-order valence-corrected chi connectivity index (χ0v) is 12.9. The monoisotopic (exact) mass is 305 g/mol. The largest absolute Gasteiger partial charge is 0.492 e. The zero-order valence-electron chi connectivity index (χ0n) is 12.1. The molecule has 1 saturated heterocycles. The van der Waals surface area contributed by atoms with Crippen LogP contribution in [0.25, 0.3) is 0 Å². The van der Waals surface area contributed by atoms with Crippen molar-refractivity contribution in [2.75, 3.05) is 18.6 Å². The Morgan fingerprint density at radius 2 is 2.29 bits per heavy atom. The van der Waals surface area contributed by atoms with Crippen LogP contribution >= 0.6 is 11.8 Å². The third-order valence-electron chi connectivity index (χ3n) is 4.08. The van der Waals surface area contributed by atoms with Gasteiger partial charge in [-0.1, -0.05) is 12.1 Å². The van der Waals surface area contributed by atoms with Gasteiger partial charge in [-0.15, -0.1) is 0 Å². The van der Waals surface area contributed by atoms with Gasteiger partial charge in [0.25, 0.3) is 0 Å². The summed E-state index contributed by atoms with van der Waals surface area (Å²) in [5.41, 5.74) is 0.502. The molecule has 3 rings (SSSR count). The molecule has 2 aliphatic rings. The number of thioether (sulfide) groups is 1. The fourth-order valence-corrected chi connectivity index (χ4v) is 3.85. The van der Waals surface area contributed by atoms with Gasteiger partial charge in [0, 0.05) is 11.3 Å². The van der Waals surface area contributed by atoms with Gasteiger partial charge in [-0.25, -0.2) is 4.79 Å². The highest BCUT2D eigenvalue weighted by Gasteiger charge is 2.47. The molecular weight excluding hydrogens is 286 g/mol. The van der Waals surface area contributed by atoms with Crippen LogP contribution in [0.4, 0.5) is 0 Å². The van der Waals surface area contributed by atoms with Crippen LogP contribution in [0.3, 0.4) is 0 Å². The van der Waals surface area contributed by atoms with Gasteiger partial charge in [0.05, 0.1) is 7.11 Å². The summed E-state index contributed by atoms with van der Waals surface area (Å²) in [6.07, 6.45) is 5.93. The lowest BCUT2D eigenvalue weighted by molar-refractivity contribution is 0.201. The van der Waals surface area contributed by atoms with Gasteiger partial charge in [0.2, 0.25) is 6.08 Å². The normalized spacial score (nSPS) is 23.0. The van der Waals surface area contributed by atoms with E-state index in [1.165, 1.54) is 12.2 Å². The Hall–Kier alpha value is -1.45. The smallest absolute Gasteiger partial charge is 0.235 e. The molecule has 1 atom stereocenters. The lowest BCUT2D eigenvalue weighted by Gasteiger charge is -2.25. The predicted octanol–water partition coefficient (Wildman–Crippen LogP) is 3.29. The Morgan fingerprint density at radius 3 is 2.90 bits per heavy atom. The molecule has 5 heteroatoms. The highest BCUT2D eigenvalue weighted by atomic mass is 32.2. The number of aliphatic imine (C=N–C) groups is 1. The van der Waals surface area contributed by atoms with Crippen LogP contribution in [0.5, 0.6) is 11.5 Å². The van der Waals surface area contributed by atoms with Crippen LogP contribution in [-0.2, 0) is 10.3 Å². The van der Waals surface area contributed by atoms with Crippen molar-refractivity contribution in [3.8, 4) is 11.5 Å². The maximum absolute atomic E-state index is 10.7. The Morgan fingerprint density at radius 1 is 1.43 bits per heavy atom. The SMILES string of the molecule is COc1c(OC2CCCSC2)cccc1C1(N=C=O)CC1. The first-order chi connectivity index (χ1) is 10.3. The van der Waals surface area contributed by atoms with Gasteiger partial charge in [0.15, 0.2) is 11.5 Å². The number of ether oxygens (including phenoxy) is 2. The van der Waals surface area contributed by atoms with Gasteiger partial charge in [-0.2, -0.15) is 16.8 Å². The van der Waals surface area contributed by atoms with E-state index in [4.69, 9.17) is 9.47 Å². The molecule has 0 spiro atoms. The number of benzene rings is 1. The molecule has 0 N–H and O–H groups in total. The molecule has 1 heterocycles. The zero-order chi connectivity index (χ0) is 14.7. The van der Waals surface area contributed by atoms with Crippen molar-refractivity contribution in [2.45, 2.75) is 37.3 Å². The number of hydrogen-bond donors (Lipinski definition) is 0. The van der Waals surface area contributed by atoms with Crippen molar-refractivity contribution in [1.29, 1.82) is 0 Å². The average Bonchev–Trinajstić information content (AvgIpc) is 3.29. The highest BCUT2D eigenvalue weighted by molar-refractivity contribution is 7.99. The minimum atomic E-state index is -0.437. The summed E-state index contributed by atoms with van der Waals surface area (Å²) in [5.74, 6) is 3.71. The molecule has 1 unspecified atom stereocenters. The topological polar surface area (TPSA) is 47.9 Å². The first-order valence-electron chi connectivity index (χ1n) is 7.30. The van der Waals surface area contributed by atoms with Crippen molar-refractivity contribution in [1.82, 2.24) is 0 Å². The Balaban J connectivity index is 1.89. The van der Waals surface area contributed by atoms with E-state index in [0.717, 1.165) is 36.3 Å². The average molecular weight is 305 g/mol. The van der Waals surface area contributed by atoms with Crippen molar-refractivity contribution < 1.29 is 14.3 Å². The van der Waals surface area contributed by atoms with E-state index in [2.05, 4.69) is 4.99 Å². The summed E-state index contributed by atoms with van der Waals surface area (Å²) >= 11 is 1.93. The number of methoxy groups -OCH3 is 1. The molecule has 1 aliphatic carbocycles. The number of nitrogens with zero attached hydrogens (tertiary/aromatic N) is 1.